The van der Waals surface area contributed by atoms with Gasteiger partial charge in [0.25, 0.3) is 0 Å². The van der Waals surface area contributed by atoms with E-state index in [0.717, 1.165) is 15.8 Å². The maximum absolute atomic E-state index is 2.62. The van der Waals surface area contributed by atoms with Crippen LogP contribution in [0.1, 0.15) is 32.1 Å². The lowest BCUT2D eigenvalue weighted by Crippen LogP contribution is -2.32. The molecule has 0 aromatic carbocycles. The molecule has 0 amide bonds. The van der Waals surface area contributed by atoms with E-state index in [0.29, 0.717) is 0 Å². The third-order valence-electron chi connectivity index (χ3n) is 2.98. The number of fused-ring (bicyclic) bond motifs is 1. The molecule has 0 aliphatic heterocycles. The molecule has 0 N–H and O–H groups in total. The Balaban J connectivity index is 1.92. The first kappa shape index (κ1) is 6.44. The molecular formula is C8H13I. The minimum atomic E-state index is 1.02. The fraction of sp³-hybridized carbons (Fsp3) is 1.00. The van der Waals surface area contributed by atoms with Crippen molar-refractivity contribution in [1.29, 1.82) is 0 Å². The Morgan fingerprint density at radius 2 is 1.56 bits per heavy atom. The van der Waals surface area contributed by atoms with Crippen molar-refractivity contribution in [2.75, 3.05) is 0 Å². The van der Waals surface area contributed by atoms with E-state index in [1.807, 2.05) is 0 Å². The first-order valence-electron chi connectivity index (χ1n) is 4.00. The predicted molar refractivity (Wildman–Crippen MR) is 47.9 cm³/mol. The zero-order valence-electron chi connectivity index (χ0n) is 5.65. The van der Waals surface area contributed by atoms with Crippen LogP contribution in [0.15, 0.2) is 0 Å². The largest absolute Gasteiger partial charge is 0.0826 e. The average molecular weight is 236 g/mol. The van der Waals surface area contributed by atoms with Crippen LogP contribution in [0, 0.1) is 11.8 Å². The van der Waals surface area contributed by atoms with Crippen molar-refractivity contribution in [2.24, 2.45) is 11.8 Å². The number of halogens is 1. The summed E-state index contributed by atoms with van der Waals surface area (Å²) in [6.07, 6.45) is 7.67. The van der Waals surface area contributed by atoms with Gasteiger partial charge in [-0.1, -0.05) is 22.6 Å². The molecule has 9 heavy (non-hydrogen) atoms. The molecule has 0 saturated heterocycles. The minimum Gasteiger partial charge on any atom is -0.0826 e. The van der Waals surface area contributed by atoms with Gasteiger partial charge in [0.15, 0.2) is 0 Å². The van der Waals surface area contributed by atoms with Crippen LogP contribution in [0.2, 0.25) is 0 Å². The van der Waals surface area contributed by atoms with Crippen molar-refractivity contribution in [1.82, 2.24) is 0 Å². The van der Waals surface area contributed by atoms with Gasteiger partial charge in [0.1, 0.15) is 0 Å². The Kier molecular flexibility index (Phi) is 1.72. The summed E-state index contributed by atoms with van der Waals surface area (Å²) in [7, 11) is 0. The molecule has 52 valence electrons. The Morgan fingerprint density at radius 3 is 2.00 bits per heavy atom. The van der Waals surface area contributed by atoms with Gasteiger partial charge in [-0.15, -0.1) is 0 Å². The van der Waals surface area contributed by atoms with Gasteiger partial charge in [0.2, 0.25) is 0 Å². The van der Waals surface area contributed by atoms with Gasteiger partial charge in [-0.2, -0.15) is 0 Å². The summed E-state index contributed by atoms with van der Waals surface area (Å²) in [5, 5.41) is 0. The number of hydrogen-bond acceptors (Lipinski definition) is 0. The summed E-state index contributed by atoms with van der Waals surface area (Å²) in [5.74, 6) is 2.32. The van der Waals surface area contributed by atoms with Crippen molar-refractivity contribution >= 4 is 22.6 Å². The number of hydrogen-bond donors (Lipinski definition) is 0. The fourth-order valence-electron chi connectivity index (χ4n) is 2.17. The second kappa shape index (κ2) is 2.40. The van der Waals surface area contributed by atoms with Crippen molar-refractivity contribution in [2.45, 2.75) is 36.0 Å². The third kappa shape index (κ3) is 1.13. The molecule has 2 aliphatic rings. The summed E-state index contributed by atoms with van der Waals surface area (Å²) >= 11 is 2.62. The van der Waals surface area contributed by atoms with Crippen LogP contribution in [0.4, 0.5) is 0 Å². The molecule has 0 spiro atoms. The number of rotatable bonds is 0. The maximum atomic E-state index is 2.62. The molecule has 3 unspecified atom stereocenters. The Labute approximate surface area is 70.5 Å². The van der Waals surface area contributed by atoms with E-state index in [-0.39, 0.29) is 0 Å². The molecule has 2 fully saturated rings. The van der Waals surface area contributed by atoms with E-state index in [2.05, 4.69) is 22.6 Å². The molecule has 0 bridgehead atoms. The van der Waals surface area contributed by atoms with Crippen LogP contribution in [-0.4, -0.2) is 3.92 Å². The predicted octanol–water partition coefficient (Wildman–Crippen LogP) is 3.00. The van der Waals surface area contributed by atoms with E-state index >= 15 is 0 Å². The van der Waals surface area contributed by atoms with E-state index in [1.54, 1.807) is 12.8 Å². The van der Waals surface area contributed by atoms with Crippen molar-refractivity contribution < 1.29 is 0 Å². The second-order valence-corrected chi connectivity index (χ2v) is 5.27. The lowest BCUT2D eigenvalue weighted by molar-refractivity contribution is 0.122. The fourth-order valence-corrected chi connectivity index (χ4v) is 3.18. The molecule has 2 rings (SSSR count). The Hall–Kier alpha value is 0.730. The second-order valence-electron chi connectivity index (χ2n) is 3.51. The molecule has 0 heterocycles. The van der Waals surface area contributed by atoms with Crippen LogP contribution in [0.5, 0.6) is 0 Å². The van der Waals surface area contributed by atoms with Gasteiger partial charge >= 0.3 is 0 Å². The number of alkyl halides is 1. The lowest BCUT2D eigenvalue weighted by atomic mass is 9.66. The molecule has 2 saturated carbocycles. The molecular weight excluding hydrogens is 223 g/mol. The molecule has 2 aliphatic carbocycles. The molecule has 0 aromatic heterocycles. The highest BCUT2D eigenvalue weighted by Gasteiger charge is 2.35. The summed E-state index contributed by atoms with van der Waals surface area (Å²) in [5.41, 5.74) is 0. The molecule has 3 atom stereocenters. The maximum Gasteiger partial charge on any atom is 0.0112 e. The summed E-state index contributed by atoms with van der Waals surface area (Å²) in [6.45, 7) is 0. The normalized spacial score (nSPS) is 49.7. The van der Waals surface area contributed by atoms with E-state index in [1.165, 1.54) is 19.3 Å². The highest BCUT2D eigenvalue weighted by atomic mass is 127. The van der Waals surface area contributed by atoms with Crippen LogP contribution in [0.25, 0.3) is 0 Å². The van der Waals surface area contributed by atoms with E-state index in [4.69, 9.17) is 0 Å². The smallest absolute Gasteiger partial charge is 0.0112 e. The van der Waals surface area contributed by atoms with Crippen LogP contribution < -0.4 is 0 Å². The zero-order chi connectivity index (χ0) is 6.27. The Morgan fingerprint density at radius 1 is 0.889 bits per heavy atom. The highest BCUT2D eigenvalue weighted by Crippen LogP contribution is 2.46. The Bertz CT molecular complexity index is 111. The summed E-state index contributed by atoms with van der Waals surface area (Å²) in [6, 6.07) is 0. The third-order valence-corrected chi connectivity index (χ3v) is 4.12. The topological polar surface area (TPSA) is 0 Å². The first-order valence-corrected chi connectivity index (χ1v) is 5.25. The molecule has 1 heteroatoms. The van der Waals surface area contributed by atoms with Gasteiger partial charge in [-0.25, -0.2) is 0 Å². The monoisotopic (exact) mass is 236 g/mol. The lowest BCUT2D eigenvalue weighted by Gasteiger charge is -2.42. The minimum absolute atomic E-state index is 1.02. The van der Waals surface area contributed by atoms with Crippen molar-refractivity contribution in [3.05, 3.63) is 0 Å². The van der Waals surface area contributed by atoms with Gasteiger partial charge in [0, 0.05) is 3.92 Å². The van der Waals surface area contributed by atoms with Crippen molar-refractivity contribution in [3.63, 3.8) is 0 Å². The van der Waals surface area contributed by atoms with Gasteiger partial charge in [-0.3, -0.25) is 0 Å². The zero-order valence-corrected chi connectivity index (χ0v) is 7.80. The van der Waals surface area contributed by atoms with Gasteiger partial charge in [-0.05, 0) is 43.9 Å². The standard InChI is InChI=1S/C8H13I/c9-8-4-3-6-1-2-7(6)5-8/h6-8H,1-5H2. The molecule has 0 radical (unpaired) electrons. The molecule has 0 aromatic rings. The van der Waals surface area contributed by atoms with Gasteiger partial charge < -0.3 is 0 Å². The van der Waals surface area contributed by atoms with Crippen LogP contribution in [0.3, 0.4) is 0 Å². The quantitative estimate of drug-likeness (QED) is 0.448. The van der Waals surface area contributed by atoms with E-state index in [9.17, 15) is 0 Å². The summed E-state index contributed by atoms with van der Waals surface area (Å²) in [4.78, 5) is 0. The molecule has 0 nitrogen and oxygen atoms in total. The summed E-state index contributed by atoms with van der Waals surface area (Å²) < 4.78 is 1.02. The first-order chi connectivity index (χ1) is 4.36. The SMILES string of the molecule is IC1CCC2CCC2C1. The average Bonchev–Trinajstić information content (AvgIpc) is 1.78. The van der Waals surface area contributed by atoms with Crippen molar-refractivity contribution in [3.8, 4) is 0 Å². The highest BCUT2D eigenvalue weighted by molar-refractivity contribution is 14.1. The van der Waals surface area contributed by atoms with Crippen LogP contribution >= 0.6 is 22.6 Å². The van der Waals surface area contributed by atoms with Gasteiger partial charge in [0.05, 0.1) is 0 Å². The van der Waals surface area contributed by atoms with Crippen LogP contribution in [-0.2, 0) is 0 Å². The van der Waals surface area contributed by atoms with E-state index < -0.39 is 0 Å².